The summed E-state index contributed by atoms with van der Waals surface area (Å²) in [6, 6.07) is 4.75. The predicted octanol–water partition coefficient (Wildman–Crippen LogP) is -2.30. The van der Waals surface area contributed by atoms with E-state index in [-0.39, 0.29) is 14.9 Å². The highest BCUT2D eigenvalue weighted by molar-refractivity contribution is 7.89. The number of amides is 1. The summed E-state index contributed by atoms with van der Waals surface area (Å²) < 4.78 is 30.6. The molecule has 12 heteroatoms. The lowest BCUT2D eigenvalue weighted by Crippen LogP contribution is -2.65. The van der Waals surface area contributed by atoms with Gasteiger partial charge < -0.3 is 30.9 Å². The van der Waals surface area contributed by atoms with E-state index in [9.17, 15) is 33.3 Å². The van der Waals surface area contributed by atoms with Gasteiger partial charge in [0.15, 0.2) is 12.3 Å². The fourth-order valence-corrected chi connectivity index (χ4v) is 3.99. The van der Waals surface area contributed by atoms with Crippen molar-refractivity contribution in [2.75, 3.05) is 5.73 Å². The number of carbonyl (C=O) groups excluding carboxylic acids is 1. The van der Waals surface area contributed by atoms with Gasteiger partial charge in [-0.3, -0.25) is 4.79 Å². The Balaban J connectivity index is 2.50. The third-order valence-corrected chi connectivity index (χ3v) is 5.66. The maximum atomic E-state index is 12.8. The summed E-state index contributed by atoms with van der Waals surface area (Å²) >= 11 is 0. The Labute approximate surface area is 148 Å². The number of ether oxygens (including phenoxy) is 1. The van der Waals surface area contributed by atoms with Gasteiger partial charge in [-0.1, -0.05) is 0 Å². The van der Waals surface area contributed by atoms with Gasteiger partial charge in [-0.05, 0) is 24.3 Å². The van der Waals surface area contributed by atoms with E-state index in [2.05, 4.69) is 0 Å². The Kier molecular flexibility index (Phi) is 5.53. The van der Waals surface area contributed by atoms with Gasteiger partial charge in [0.05, 0.1) is 4.90 Å². The first-order chi connectivity index (χ1) is 12.0. The molecule has 1 aromatic rings. The van der Waals surface area contributed by atoms with Crippen LogP contribution in [0.25, 0.3) is 0 Å². The van der Waals surface area contributed by atoms with Crippen molar-refractivity contribution in [1.82, 2.24) is 4.31 Å². The zero-order chi connectivity index (χ0) is 19.8. The van der Waals surface area contributed by atoms with Crippen molar-refractivity contribution in [3.05, 3.63) is 24.3 Å². The molecule has 5 atom stereocenters. The van der Waals surface area contributed by atoms with E-state index in [1.54, 1.807) is 0 Å². The summed E-state index contributed by atoms with van der Waals surface area (Å²) in [4.78, 5) is 22.8. The summed E-state index contributed by atoms with van der Waals surface area (Å²) in [5.74, 6) is -2.81. The maximum Gasteiger partial charge on any atom is 0.335 e. The van der Waals surface area contributed by atoms with Crippen LogP contribution in [-0.2, 0) is 24.3 Å². The number of nitrogens with zero attached hydrogens (tertiary/aromatic N) is 1. The van der Waals surface area contributed by atoms with Gasteiger partial charge in [0.2, 0.25) is 5.91 Å². The van der Waals surface area contributed by atoms with Crippen LogP contribution >= 0.6 is 0 Å². The van der Waals surface area contributed by atoms with E-state index in [1.165, 1.54) is 12.1 Å². The summed E-state index contributed by atoms with van der Waals surface area (Å²) in [5.41, 5.74) is 5.75. The van der Waals surface area contributed by atoms with Crippen molar-refractivity contribution < 1.29 is 43.2 Å². The van der Waals surface area contributed by atoms with Crippen LogP contribution in [0.1, 0.15) is 6.92 Å². The van der Waals surface area contributed by atoms with Crippen LogP contribution < -0.4 is 5.73 Å². The van der Waals surface area contributed by atoms with Crippen molar-refractivity contribution in [2.24, 2.45) is 0 Å². The predicted molar refractivity (Wildman–Crippen MR) is 84.9 cm³/mol. The number of anilines is 1. The average molecular weight is 390 g/mol. The lowest BCUT2D eigenvalue weighted by Gasteiger charge is -2.42. The maximum absolute atomic E-state index is 12.8. The molecule has 0 bridgehead atoms. The van der Waals surface area contributed by atoms with Crippen LogP contribution in [0.5, 0.6) is 0 Å². The third kappa shape index (κ3) is 3.50. The zero-order valence-corrected chi connectivity index (χ0v) is 14.3. The van der Waals surface area contributed by atoms with E-state index >= 15 is 0 Å². The number of carboxylic acids is 1. The fourth-order valence-electron chi connectivity index (χ4n) is 2.50. The lowest BCUT2D eigenvalue weighted by molar-refractivity contribution is -0.246. The number of nitrogens with two attached hydrogens (primary N) is 1. The number of aliphatic hydroxyl groups is 3. The summed E-state index contributed by atoms with van der Waals surface area (Å²) in [6.07, 6.45) is -10.3. The van der Waals surface area contributed by atoms with E-state index in [1.807, 2.05) is 0 Å². The Morgan fingerprint density at radius 2 is 1.62 bits per heavy atom. The van der Waals surface area contributed by atoms with Gasteiger partial charge in [0.25, 0.3) is 10.0 Å². The van der Waals surface area contributed by atoms with Crippen LogP contribution in [-0.4, -0.2) is 75.7 Å². The minimum Gasteiger partial charge on any atom is -0.479 e. The average Bonchev–Trinajstić information content (AvgIpc) is 2.54. The minimum atomic E-state index is -4.58. The lowest BCUT2D eigenvalue weighted by atomic mass is 9.98. The number of carbonyl (C=O) groups is 2. The standard InChI is InChI=1S/C14H18N2O9S/c1-6(17)16(26(23,24)8-4-2-7(15)3-5-8)13-11(20)9(18)10(19)12(25-13)14(21)22/h2-5,9-13,18-20H,15H2,1H3,(H,21,22). The number of rotatable bonds is 4. The highest BCUT2D eigenvalue weighted by Gasteiger charge is 2.52. The van der Waals surface area contributed by atoms with Crippen molar-refractivity contribution >= 4 is 27.6 Å². The molecule has 1 aromatic carbocycles. The van der Waals surface area contributed by atoms with Crippen molar-refractivity contribution in [1.29, 1.82) is 0 Å². The SMILES string of the molecule is CC(=O)N(C1OC(C(=O)O)C(O)C(O)C1O)S(=O)(=O)c1ccc(N)cc1. The molecule has 6 N–H and O–H groups in total. The van der Waals surface area contributed by atoms with Crippen molar-refractivity contribution in [2.45, 2.75) is 42.5 Å². The first-order valence-corrected chi connectivity index (χ1v) is 8.75. The molecule has 5 unspecified atom stereocenters. The van der Waals surface area contributed by atoms with Gasteiger partial charge in [-0.25, -0.2) is 17.5 Å². The van der Waals surface area contributed by atoms with E-state index in [4.69, 9.17) is 15.6 Å². The molecule has 0 spiro atoms. The van der Waals surface area contributed by atoms with E-state index in [0.29, 0.717) is 0 Å². The summed E-state index contributed by atoms with van der Waals surface area (Å²) in [5, 5.41) is 38.7. The molecule has 1 amide bonds. The van der Waals surface area contributed by atoms with Crippen LogP contribution in [0.15, 0.2) is 29.2 Å². The monoisotopic (exact) mass is 390 g/mol. The molecule has 2 rings (SSSR count). The second kappa shape index (κ2) is 7.17. The second-order valence-corrected chi connectivity index (χ2v) is 7.46. The molecule has 0 aromatic heterocycles. The molecule has 1 aliphatic rings. The van der Waals surface area contributed by atoms with Crippen molar-refractivity contribution in [3.63, 3.8) is 0 Å². The number of sulfonamides is 1. The van der Waals surface area contributed by atoms with Crippen LogP contribution in [0.3, 0.4) is 0 Å². The molecular weight excluding hydrogens is 372 g/mol. The number of carboxylic acid groups (broad SMARTS) is 1. The zero-order valence-electron chi connectivity index (χ0n) is 13.5. The van der Waals surface area contributed by atoms with Crippen LogP contribution in [0.2, 0.25) is 0 Å². The quantitative estimate of drug-likeness (QED) is 0.350. The third-order valence-electron chi connectivity index (χ3n) is 3.81. The minimum absolute atomic E-state index is 0.119. The second-order valence-electron chi connectivity index (χ2n) is 5.65. The number of aliphatic carboxylic acids is 1. The Hall–Kier alpha value is -2.25. The van der Waals surface area contributed by atoms with Gasteiger partial charge in [0.1, 0.15) is 18.3 Å². The number of hydrogen-bond donors (Lipinski definition) is 5. The largest absolute Gasteiger partial charge is 0.479 e. The molecule has 26 heavy (non-hydrogen) atoms. The molecule has 1 fully saturated rings. The number of nitrogen functional groups attached to an aromatic ring is 1. The smallest absolute Gasteiger partial charge is 0.335 e. The van der Waals surface area contributed by atoms with E-state index < -0.39 is 52.5 Å². The topological polar surface area (TPSA) is 188 Å². The number of hydrogen-bond acceptors (Lipinski definition) is 9. The molecule has 1 saturated heterocycles. The van der Waals surface area contributed by atoms with E-state index in [0.717, 1.165) is 19.1 Å². The Morgan fingerprint density at radius 1 is 1.08 bits per heavy atom. The van der Waals surface area contributed by atoms with Crippen LogP contribution in [0, 0.1) is 0 Å². The van der Waals surface area contributed by atoms with Gasteiger partial charge >= 0.3 is 5.97 Å². The highest BCUT2D eigenvalue weighted by atomic mass is 32.2. The molecule has 11 nitrogen and oxygen atoms in total. The fraction of sp³-hybridized carbons (Fsp3) is 0.429. The van der Waals surface area contributed by atoms with Gasteiger partial charge in [-0.2, -0.15) is 0 Å². The Bertz CT molecular complexity index is 795. The van der Waals surface area contributed by atoms with Crippen molar-refractivity contribution in [3.8, 4) is 0 Å². The molecule has 0 radical (unpaired) electrons. The molecule has 144 valence electrons. The molecule has 1 heterocycles. The Morgan fingerprint density at radius 3 is 2.08 bits per heavy atom. The summed E-state index contributed by atoms with van der Waals surface area (Å²) in [6.45, 7) is 0.859. The highest BCUT2D eigenvalue weighted by Crippen LogP contribution is 2.28. The molecular formula is C14H18N2O9S. The number of benzene rings is 1. The normalized spacial score (nSPS) is 29.2. The van der Waals surface area contributed by atoms with Crippen LogP contribution in [0.4, 0.5) is 5.69 Å². The first-order valence-electron chi connectivity index (χ1n) is 7.31. The first kappa shape index (κ1) is 20.1. The summed E-state index contributed by atoms with van der Waals surface area (Å²) in [7, 11) is -4.58. The molecule has 0 aliphatic carbocycles. The van der Waals surface area contributed by atoms with Gasteiger partial charge in [-0.15, -0.1) is 0 Å². The van der Waals surface area contributed by atoms with Gasteiger partial charge in [0, 0.05) is 12.6 Å². The number of aliphatic hydroxyl groups excluding tert-OH is 3. The molecule has 0 saturated carbocycles. The molecule has 1 aliphatic heterocycles.